The number of halogens is 1. The molecule has 0 amide bonds. The van der Waals surface area contributed by atoms with Crippen LogP contribution >= 0.6 is 11.6 Å². The Kier molecular flexibility index (Phi) is 6.84. The normalized spacial score (nSPS) is 14.8. The molecule has 0 N–H and O–H groups in total. The van der Waals surface area contributed by atoms with E-state index in [1.807, 2.05) is 6.07 Å². The second kappa shape index (κ2) is 11.7. The van der Waals surface area contributed by atoms with E-state index in [2.05, 4.69) is 193 Å². The third-order valence-corrected chi connectivity index (χ3v) is 11.0. The van der Waals surface area contributed by atoms with E-state index >= 15 is 0 Å². The summed E-state index contributed by atoms with van der Waals surface area (Å²) in [6, 6.07) is 70.3. The van der Waals surface area contributed by atoms with Crippen LogP contribution in [0.1, 0.15) is 22.3 Å². The van der Waals surface area contributed by atoms with Gasteiger partial charge in [0.2, 0.25) is 0 Å². The van der Waals surface area contributed by atoms with Gasteiger partial charge in [-0.15, -0.1) is 0 Å². The summed E-state index contributed by atoms with van der Waals surface area (Å²) in [6.45, 7) is 0. The first kappa shape index (κ1) is 29.7. The van der Waals surface area contributed by atoms with Crippen molar-refractivity contribution in [2.45, 2.75) is 5.41 Å². The smallest absolute Gasteiger partial charge is 0.0726 e. The number of hydrogen-bond acceptors (Lipinski definition) is 1. The molecule has 0 bridgehead atoms. The fraction of sp³-hybridized carbons (Fsp3) is 0.0204. The Morgan fingerprint density at radius 1 is 0.314 bits per heavy atom. The van der Waals surface area contributed by atoms with Gasteiger partial charge in [-0.2, -0.15) is 0 Å². The fourth-order valence-corrected chi connectivity index (χ4v) is 8.72. The molecule has 0 saturated carbocycles. The van der Waals surface area contributed by atoms with Gasteiger partial charge in [0.25, 0.3) is 0 Å². The second-order valence-corrected chi connectivity index (χ2v) is 13.9. The van der Waals surface area contributed by atoms with Crippen LogP contribution in [0.2, 0.25) is 5.02 Å². The number of nitrogens with zero attached hydrogens (tertiary/aromatic N) is 1. The van der Waals surface area contributed by atoms with Gasteiger partial charge in [-0.25, -0.2) is 0 Å². The zero-order valence-electron chi connectivity index (χ0n) is 27.8. The molecule has 0 heterocycles. The minimum atomic E-state index is -0.487. The Morgan fingerprint density at radius 3 is 1.24 bits per heavy atom. The molecule has 51 heavy (non-hydrogen) atoms. The lowest BCUT2D eigenvalue weighted by Crippen LogP contribution is -2.26. The van der Waals surface area contributed by atoms with Gasteiger partial charge in [-0.05, 0) is 115 Å². The lowest BCUT2D eigenvalue weighted by molar-refractivity contribution is 0.793. The molecule has 2 aliphatic rings. The van der Waals surface area contributed by atoms with Crippen LogP contribution in [-0.4, -0.2) is 0 Å². The van der Waals surface area contributed by atoms with Crippen molar-refractivity contribution in [1.29, 1.82) is 0 Å². The molecule has 1 nitrogen and oxygen atoms in total. The molecule has 8 aromatic rings. The fourth-order valence-electron chi connectivity index (χ4n) is 8.55. The highest BCUT2D eigenvalue weighted by atomic mass is 35.5. The highest BCUT2D eigenvalue weighted by Crippen LogP contribution is 2.63. The van der Waals surface area contributed by atoms with E-state index in [1.54, 1.807) is 0 Å². The minimum Gasteiger partial charge on any atom is -0.310 e. The number of rotatable bonds is 5. The van der Waals surface area contributed by atoms with Crippen LogP contribution in [0.4, 0.5) is 17.1 Å². The molecule has 1 spiro atoms. The predicted octanol–water partition coefficient (Wildman–Crippen LogP) is 13.5. The molecule has 1 unspecified atom stereocenters. The first-order valence-electron chi connectivity index (χ1n) is 17.5. The molecule has 2 aliphatic carbocycles. The molecule has 0 saturated heterocycles. The summed E-state index contributed by atoms with van der Waals surface area (Å²) in [5.74, 6) is 0. The molecule has 0 aliphatic heterocycles. The van der Waals surface area contributed by atoms with Crippen molar-refractivity contribution >= 4 is 28.7 Å². The van der Waals surface area contributed by atoms with Crippen LogP contribution in [0.5, 0.6) is 0 Å². The molecular formula is C49H32ClN. The molecule has 1 atom stereocenters. The summed E-state index contributed by atoms with van der Waals surface area (Å²) >= 11 is 6.83. The standard InChI is InChI=1S/C49H32ClN/c50-37-23-29-43-41-15-7-9-17-45(41)49(47(43)31-37)46-18-10-8-16-42(46)44-30-28-40(32-48(44)49)51(38-24-19-35(20-25-38)33-11-3-1-4-12-33)39-26-21-36(22-27-39)34-13-5-2-6-14-34/h1-32H. The van der Waals surface area contributed by atoms with E-state index in [0.717, 1.165) is 22.1 Å². The molecular weight excluding hydrogens is 638 g/mol. The zero-order chi connectivity index (χ0) is 33.9. The predicted molar refractivity (Wildman–Crippen MR) is 213 cm³/mol. The van der Waals surface area contributed by atoms with Crippen molar-refractivity contribution in [3.8, 4) is 44.5 Å². The molecule has 8 aromatic carbocycles. The monoisotopic (exact) mass is 669 g/mol. The summed E-state index contributed by atoms with van der Waals surface area (Å²) in [6.07, 6.45) is 0. The Morgan fingerprint density at radius 2 is 0.706 bits per heavy atom. The topological polar surface area (TPSA) is 3.24 Å². The van der Waals surface area contributed by atoms with Gasteiger partial charge in [0.15, 0.2) is 0 Å². The van der Waals surface area contributed by atoms with Gasteiger partial charge in [0.05, 0.1) is 5.41 Å². The maximum atomic E-state index is 6.83. The Bertz CT molecular complexity index is 2480. The van der Waals surface area contributed by atoms with Crippen LogP contribution < -0.4 is 4.90 Å². The largest absolute Gasteiger partial charge is 0.310 e. The van der Waals surface area contributed by atoms with Crippen molar-refractivity contribution in [3.63, 3.8) is 0 Å². The van der Waals surface area contributed by atoms with Gasteiger partial charge in [-0.1, -0.05) is 157 Å². The first-order valence-corrected chi connectivity index (χ1v) is 17.8. The summed E-state index contributed by atoms with van der Waals surface area (Å²) < 4.78 is 0. The average molecular weight is 670 g/mol. The van der Waals surface area contributed by atoms with E-state index in [1.165, 1.54) is 66.8 Å². The average Bonchev–Trinajstić information content (AvgIpc) is 3.66. The van der Waals surface area contributed by atoms with Crippen LogP contribution in [0.3, 0.4) is 0 Å². The van der Waals surface area contributed by atoms with Crippen LogP contribution in [0.25, 0.3) is 44.5 Å². The quantitative estimate of drug-likeness (QED) is 0.176. The Balaban J connectivity index is 1.19. The Labute approximate surface area is 303 Å². The van der Waals surface area contributed by atoms with Crippen molar-refractivity contribution < 1.29 is 0 Å². The molecule has 240 valence electrons. The van der Waals surface area contributed by atoms with Crippen molar-refractivity contribution in [2.75, 3.05) is 4.90 Å². The lowest BCUT2D eigenvalue weighted by atomic mass is 9.70. The molecule has 2 heteroatoms. The van der Waals surface area contributed by atoms with E-state index in [0.29, 0.717) is 0 Å². The summed E-state index contributed by atoms with van der Waals surface area (Å²) in [5, 5.41) is 0.752. The van der Waals surface area contributed by atoms with Crippen LogP contribution in [0.15, 0.2) is 194 Å². The lowest BCUT2D eigenvalue weighted by Gasteiger charge is -2.32. The van der Waals surface area contributed by atoms with Gasteiger partial charge in [-0.3, -0.25) is 0 Å². The van der Waals surface area contributed by atoms with Crippen LogP contribution in [-0.2, 0) is 5.41 Å². The number of benzene rings is 8. The highest BCUT2D eigenvalue weighted by Gasteiger charge is 2.51. The maximum absolute atomic E-state index is 6.83. The van der Waals surface area contributed by atoms with Crippen molar-refractivity contribution in [2.24, 2.45) is 0 Å². The summed E-state index contributed by atoms with van der Waals surface area (Å²) in [7, 11) is 0. The highest BCUT2D eigenvalue weighted by molar-refractivity contribution is 6.30. The zero-order valence-corrected chi connectivity index (χ0v) is 28.6. The van der Waals surface area contributed by atoms with E-state index < -0.39 is 5.41 Å². The summed E-state index contributed by atoms with van der Waals surface area (Å²) in [5.41, 5.74) is 17.8. The van der Waals surface area contributed by atoms with Gasteiger partial charge < -0.3 is 4.90 Å². The van der Waals surface area contributed by atoms with Gasteiger partial charge >= 0.3 is 0 Å². The van der Waals surface area contributed by atoms with Crippen LogP contribution in [0, 0.1) is 0 Å². The van der Waals surface area contributed by atoms with E-state index in [4.69, 9.17) is 11.6 Å². The van der Waals surface area contributed by atoms with E-state index in [-0.39, 0.29) is 0 Å². The molecule has 0 aromatic heterocycles. The molecule has 0 fully saturated rings. The Hall–Kier alpha value is -6.15. The van der Waals surface area contributed by atoms with Crippen molar-refractivity contribution in [3.05, 3.63) is 221 Å². The molecule has 0 radical (unpaired) electrons. The number of anilines is 3. The first-order chi connectivity index (χ1) is 25.2. The third kappa shape index (κ3) is 4.55. The second-order valence-electron chi connectivity index (χ2n) is 13.4. The van der Waals surface area contributed by atoms with E-state index in [9.17, 15) is 0 Å². The van der Waals surface area contributed by atoms with Gasteiger partial charge in [0, 0.05) is 22.1 Å². The molecule has 10 rings (SSSR count). The van der Waals surface area contributed by atoms with Crippen molar-refractivity contribution in [1.82, 2.24) is 0 Å². The maximum Gasteiger partial charge on any atom is 0.0726 e. The minimum absolute atomic E-state index is 0.487. The number of fused-ring (bicyclic) bond motifs is 10. The number of hydrogen-bond donors (Lipinski definition) is 0. The van der Waals surface area contributed by atoms with Gasteiger partial charge in [0.1, 0.15) is 0 Å². The summed E-state index contributed by atoms with van der Waals surface area (Å²) in [4.78, 5) is 2.39. The SMILES string of the molecule is Clc1ccc2c(c1)C1(c3ccccc3-2)c2ccccc2-c2ccc(N(c3ccc(-c4ccccc4)cc3)c3ccc(-c4ccccc4)cc3)cc21. The third-order valence-electron chi connectivity index (χ3n) is 10.8.